The molecule has 0 radical (unpaired) electrons. The van der Waals surface area contributed by atoms with E-state index in [1.807, 2.05) is 36.4 Å². The van der Waals surface area contributed by atoms with E-state index in [2.05, 4.69) is 20.3 Å². The van der Waals surface area contributed by atoms with Gasteiger partial charge in [0.15, 0.2) is 0 Å². The fourth-order valence-corrected chi connectivity index (χ4v) is 4.14. The predicted octanol–water partition coefficient (Wildman–Crippen LogP) is 5.04. The maximum atomic E-state index is 13.0. The number of hydrogen-bond donors (Lipinski definition) is 3. The Morgan fingerprint density at radius 2 is 1.61 bits per heavy atom. The molecule has 14 heteroatoms. The number of alkyl halides is 5. The highest BCUT2D eigenvalue weighted by Crippen LogP contribution is 2.29. The fourth-order valence-electron chi connectivity index (χ4n) is 4.14. The number of nitrogens with zero attached hydrogens (tertiary/aromatic N) is 2. The van der Waals surface area contributed by atoms with Crippen molar-refractivity contribution in [1.82, 2.24) is 10.2 Å². The number of amides is 1. The Hall–Kier alpha value is -5.01. The number of benzene rings is 3. The Labute approximate surface area is 228 Å². The molecule has 9 nitrogen and oxygen atoms in total. The second-order valence-electron chi connectivity index (χ2n) is 8.68. The van der Waals surface area contributed by atoms with Crippen molar-refractivity contribution in [2.45, 2.75) is 25.3 Å². The zero-order chi connectivity index (χ0) is 29.7. The standard InChI is InChI=1S/C25H20F2N4O3.C2HF3O2/c26-25(27)34-18-11-7-16(8-12-18)28-21-13-14-31(24(21)33)17-9-5-15(6-10-17)22-19-3-1-2-4-20(19)23(32)30-29-22;3-2(4,5)1(6)7/h1-12,21,25,28H,13-14H2,(H,30,32);(H,6,7). The van der Waals surface area contributed by atoms with Crippen molar-refractivity contribution in [1.29, 1.82) is 0 Å². The lowest BCUT2D eigenvalue weighted by Crippen LogP contribution is -2.33. The highest BCUT2D eigenvalue weighted by molar-refractivity contribution is 6.01. The van der Waals surface area contributed by atoms with Gasteiger partial charge in [-0.1, -0.05) is 30.3 Å². The third kappa shape index (κ3) is 6.96. The van der Waals surface area contributed by atoms with E-state index in [1.165, 1.54) is 12.1 Å². The largest absolute Gasteiger partial charge is 0.490 e. The maximum absolute atomic E-state index is 13.0. The molecule has 5 rings (SSSR count). The number of rotatable bonds is 6. The molecule has 0 saturated carbocycles. The number of carboxylic acid groups (broad SMARTS) is 1. The van der Waals surface area contributed by atoms with E-state index >= 15 is 0 Å². The van der Waals surface area contributed by atoms with Crippen LogP contribution in [-0.4, -0.2) is 52.6 Å². The molecule has 1 fully saturated rings. The van der Waals surface area contributed by atoms with Gasteiger partial charge >= 0.3 is 18.8 Å². The van der Waals surface area contributed by atoms with Gasteiger partial charge in [0.25, 0.3) is 5.56 Å². The van der Waals surface area contributed by atoms with Gasteiger partial charge in [0.05, 0.1) is 11.1 Å². The average molecular weight is 576 g/mol. The molecule has 1 amide bonds. The van der Waals surface area contributed by atoms with E-state index in [-0.39, 0.29) is 17.2 Å². The second kappa shape index (κ2) is 12.0. The number of halogens is 5. The smallest absolute Gasteiger partial charge is 0.475 e. The van der Waals surface area contributed by atoms with Gasteiger partial charge in [0.2, 0.25) is 5.91 Å². The molecule has 2 heterocycles. The highest BCUT2D eigenvalue weighted by atomic mass is 19.4. The zero-order valence-corrected chi connectivity index (χ0v) is 20.9. The Kier molecular flexibility index (Phi) is 8.50. The van der Waals surface area contributed by atoms with Crippen LogP contribution in [0.15, 0.2) is 77.6 Å². The molecule has 0 aliphatic carbocycles. The lowest BCUT2D eigenvalue weighted by Gasteiger charge is -2.18. The molecule has 1 aliphatic heterocycles. The molecule has 1 unspecified atom stereocenters. The van der Waals surface area contributed by atoms with Gasteiger partial charge in [-0.3, -0.25) is 9.59 Å². The number of hydrogen-bond acceptors (Lipinski definition) is 6. The van der Waals surface area contributed by atoms with Crippen LogP contribution in [0.2, 0.25) is 0 Å². The van der Waals surface area contributed by atoms with Crippen molar-refractivity contribution < 1.29 is 41.4 Å². The lowest BCUT2D eigenvalue weighted by atomic mass is 10.0. The molecule has 1 aliphatic rings. The predicted molar refractivity (Wildman–Crippen MR) is 139 cm³/mol. The number of aromatic nitrogens is 2. The van der Waals surface area contributed by atoms with Crippen molar-refractivity contribution in [3.05, 3.63) is 83.2 Å². The van der Waals surface area contributed by atoms with Crippen LogP contribution >= 0.6 is 0 Å². The number of H-pyrrole nitrogens is 1. The Bertz CT molecular complexity index is 1590. The van der Waals surface area contributed by atoms with E-state index < -0.39 is 24.8 Å². The molecular formula is C27H21F5N4O5. The van der Waals surface area contributed by atoms with E-state index in [4.69, 9.17) is 9.90 Å². The number of ether oxygens (including phenoxy) is 1. The van der Waals surface area contributed by atoms with Crippen molar-refractivity contribution in [2.75, 3.05) is 16.8 Å². The van der Waals surface area contributed by atoms with Crippen molar-refractivity contribution in [3.8, 4) is 17.0 Å². The number of carbonyl (C=O) groups is 2. The number of aromatic amines is 1. The van der Waals surface area contributed by atoms with Gasteiger partial charge in [0, 0.05) is 28.9 Å². The summed E-state index contributed by atoms with van der Waals surface area (Å²) in [4.78, 5) is 35.6. The van der Waals surface area contributed by atoms with Crippen LogP contribution in [0.4, 0.5) is 33.3 Å². The van der Waals surface area contributed by atoms with Gasteiger partial charge in [-0.15, -0.1) is 0 Å². The van der Waals surface area contributed by atoms with Crippen molar-refractivity contribution >= 4 is 34.0 Å². The molecule has 1 saturated heterocycles. The summed E-state index contributed by atoms with van der Waals surface area (Å²) in [6.45, 7) is -2.34. The van der Waals surface area contributed by atoms with E-state index in [0.717, 1.165) is 16.6 Å². The first kappa shape index (κ1) is 29.0. The molecule has 3 N–H and O–H groups in total. The highest BCUT2D eigenvalue weighted by Gasteiger charge is 2.38. The molecular weight excluding hydrogens is 555 g/mol. The van der Waals surface area contributed by atoms with Gasteiger partial charge in [-0.25, -0.2) is 9.89 Å². The molecule has 214 valence electrons. The zero-order valence-electron chi connectivity index (χ0n) is 20.9. The van der Waals surface area contributed by atoms with Gasteiger partial charge in [-0.2, -0.15) is 27.1 Å². The van der Waals surface area contributed by atoms with Crippen LogP contribution in [0.25, 0.3) is 22.0 Å². The van der Waals surface area contributed by atoms with Crippen LogP contribution < -0.4 is 20.5 Å². The first-order chi connectivity index (χ1) is 19.4. The SMILES string of the molecule is O=C(O)C(F)(F)F.O=C1C(Nc2ccc(OC(F)F)cc2)CCN1c1ccc(-c2n[nH]c(=O)c3ccccc23)cc1. The normalized spacial score (nSPS) is 15.0. The summed E-state index contributed by atoms with van der Waals surface area (Å²) in [5.41, 5.74) is 2.64. The Morgan fingerprint density at radius 3 is 2.20 bits per heavy atom. The molecule has 4 aromatic rings. The van der Waals surface area contributed by atoms with Crippen LogP contribution in [0.3, 0.4) is 0 Å². The quantitative estimate of drug-likeness (QED) is 0.275. The molecule has 3 aromatic carbocycles. The first-order valence-corrected chi connectivity index (χ1v) is 11.9. The number of aliphatic carboxylic acids is 1. The average Bonchev–Trinajstić information content (AvgIpc) is 3.29. The summed E-state index contributed by atoms with van der Waals surface area (Å²) in [6.07, 6.45) is -4.48. The maximum Gasteiger partial charge on any atom is 0.490 e. The van der Waals surface area contributed by atoms with Crippen LogP contribution in [-0.2, 0) is 9.59 Å². The molecule has 0 bridgehead atoms. The monoisotopic (exact) mass is 576 g/mol. The van der Waals surface area contributed by atoms with E-state index in [9.17, 15) is 31.5 Å². The van der Waals surface area contributed by atoms with Crippen LogP contribution in [0.1, 0.15) is 6.42 Å². The summed E-state index contributed by atoms with van der Waals surface area (Å²) in [6, 6.07) is 20.4. The number of carboxylic acids is 1. The van der Waals surface area contributed by atoms with Gasteiger partial charge in [0.1, 0.15) is 11.8 Å². The summed E-state index contributed by atoms with van der Waals surface area (Å²) >= 11 is 0. The molecule has 41 heavy (non-hydrogen) atoms. The third-order valence-corrected chi connectivity index (χ3v) is 6.02. The van der Waals surface area contributed by atoms with E-state index in [1.54, 1.807) is 29.2 Å². The summed E-state index contributed by atoms with van der Waals surface area (Å²) < 4.78 is 60.7. The summed E-state index contributed by atoms with van der Waals surface area (Å²) in [5.74, 6) is -2.77. The second-order valence-corrected chi connectivity index (χ2v) is 8.68. The summed E-state index contributed by atoms with van der Waals surface area (Å²) in [7, 11) is 0. The van der Waals surface area contributed by atoms with Gasteiger partial charge in [-0.05, 0) is 48.9 Å². The lowest BCUT2D eigenvalue weighted by molar-refractivity contribution is -0.192. The topological polar surface area (TPSA) is 125 Å². The van der Waals surface area contributed by atoms with Crippen molar-refractivity contribution in [2.24, 2.45) is 0 Å². The first-order valence-electron chi connectivity index (χ1n) is 11.9. The molecule has 1 atom stereocenters. The number of nitrogens with one attached hydrogen (secondary N) is 2. The van der Waals surface area contributed by atoms with E-state index in [0.29, 0.717) is 29.7 Å². The number of fused-ring (bicyclic) bond motifs is 1. The molecule has 1 aromatic heterocycles. The van der Waals surface area contributed by atoms with Gasteiger partial charge < -0.3 is 20.1 Å². The fraction of sp³-hybridized carbons (Fsp3) is 0.185. The van der Waals surface area contributed by atoms with Crippen LogP contribution in [0, 0.1) is 0 Å². The Balaban J connectivity index is 0.000000493. The Morgan fingerprint density at radius 1 is 1.00 bits per heavy atom. The molecule has 0 spiro atoms. The van der Waals surface area contributed by atoms with Crippen molar-refractivity contribution in [3.63, 3.8) is 0 Å². The third-order valence-electron chi connectivity index (χ3n) is 6.02. The minimum atomic E-state index is -5.08. The number of anilines is 2. The minimum absolute atomic E-state index is 0.0600. The van der Waals surface area contributed by atoms with Crippen LogP contribution in [0.5, 0.6) is 5.75 Å². The number of carbonyl (C=O) groups excluding carboxylic acids is 1. The summed E-state index contributed by atoms with van der Waals surface area (Å²) in [5, 5.41) is 18.4. The minimum Gasteiger partial charge on any atom is -0.475 e.